The molecule has 2 aromatic rings. The molecule has 7 heteroatoms. The summed E-state index contributed by atoms with van der Waals surface area (Å²) in [6.45, 7) is 6.40. The van der Waals surface area contributed by atoms with Crippen LogP contribution in [0.1, 0.15) is 35.1 Å². The number of carbonyl (C=O) groups is 2. The lowest BCUT2D eigenvalue weighted by Gasteiger charge is -2.21. The number of carbonyl (C=O) groups excluding carboxylic acids is 1. The van der Waals surface area contributed by atoms with Crippen molar-refractivity contribution in [2.24, 2.45) is 7.05 Å². The van der Waals surface area contributed by atoms with Crippen LogP contribution < -0.4 is 0 Å². The molecule has 7 nitrogen and oxygen atoms in total. The van der Waals surface area contributed by atoms with E-state index < -0.39 is 5.97 Å². The van der Waals surface area contributed by atoms with Gasteiger partial charge in [0.1, 0.15) is 11.4 Å². The summed E-state index contributed by atoms with van der Waals surface area (Å²) >= 11 is 0. The van der Waals surface area contributed by atoms with Gasteiger partial charge in [0, 0.05) is 31.5 Å². The molecular formula is C16H22N4O3. The Hall–Kier alpha value is -2.57. The molecule has 2 rings (SSSR count). The first-order chi connectivity index (χ1) is 10.9. The number of hydrogen-bond acceptors (Lipinski definition) is 3. The highest BCUT2D eigenvalue weighted by atomic mass is 16.4. The van der Waals surface area contributed by atoms with E-state index in [9.17, 15) is 9.59 Å². The van der Waals surface area contributed by atoms with Crippen molar-refractivity contribution in [1.29, 1.82) is 0 Å². The van der Waals surface area contributed by atoms with E-state index in [1.165, 1.54) is 4.90 Å². The van der Waals surface area contributed by atoms with Crippen LogP contribution >= 0.6 is 0 Å². The molecule has 0 fully saturated rings. The molecule has 0 saturated heterocycles. The normalized spacial score (nSPS) is 10.8. The third-order valence-electron chi connectivity index (χ3n) is 3.89. The first-order valence-electron chi connectivity index (χ1n) is 7.55. The van der Waals surface area contributed by atoms with Gasteiger partial charge in [0.25, 0.3) is 5.91 Å². The summed E-state index contributed by atoms with van der Waals surface area (Å²) in [6, 6.07) is 3.97. The van der Waals surface area contributed by atoms with Crippen LogP contribution in [0.5, 0.6) is 0 Å². The predicted octanol–water partition coefficient (Wildman–Crippen LogP) is 1.76. The molecule has 0 aromatic carbocycles. The molecular weight excluding hydrogens is 296 g/mol. The molecule has 0 saturated carbocycles. The Kier molecular flexibility index (Phi) is 4.88. The zero-order valence-corrected chi connectivity index (χ0v) is 13.9. The van der Waals surface area contributed by atoms with Gasteiger partial charge >= 0.3 is 5.97 Å². The molecule has 124 valence electrons. The molecule has 0 aliphatic heterocycles. The van der Waals surface area contributed by atoms with Gasteiger partial charge in [-0.2, -0.15) is 5.10 Å². The second-order valence-electron chi connectivity index (χ2n) is 5.49. The second-order valence-corrected chi connectivity index (χ2v) is 5.49. The van der Waals surface area contributed by atoms with Crippen molar-refractivity contribution in [2.75, 3.05) is 13.1 Å². The van der Waals surface area contributed by atoms with Crippen LogP contribution in [-0.2, 0) is 11.8 Å². The van der Waals surface area contributed by atoms with Crippen LogP contribution in [0.4, 0.5) is 0 Å². The van der Waals surface area contributed by atoms with E-state index in [1.807, 2.05) is 37.5 Å². The maximum Gasteiger partial charge on any atom is 0.305 e. The van der Waals surface area contributed by atoms with E-state index in [0.717, 1.165) is 11.4 Å². The summed E-state index contributed by atoms with van der Waals surface area (Å²) in [6.07, 6.45) is 1.47. The van der Waals surface area contributed by atoms with Crippen molar-refractivity contribution in [3.63, 3.8) is 0 Å². The molecule has 1 amide bonds. The van der Waals surface area contributed by atoms with Crippen molar-refractivity contribution in [2.45, 2.75) is 27.2 Å². The Balaban J connectivity index is 2.41. The predicted molar refractivity (Wildman–Crippen MR) is 85.8 cm³/mol. The summed E-state index contributed by atoms with van der Waals surface area (Å²) in [5.74, 6) is -0.423. The quantitative estimate of drug-likeness (QED) is 0.880. The van der Waals surface area contributed by atoms with Crippen molar-refractivity contribution < 1.29 is 14.7 Å². The fourth-order valence-corrected chi connectivity index (χ4v) is 2.65. The van der Waals surface area contributed by atoms with Gasteiger partial charge in [-0.05, 0) is 32.9 Å². The van der Waals surface area contributed by atoms with E-state index in [2.05, 4.69) is 5.10 Å². The maximum absolute atomic E-state index is 12.8. The van der Waals surface area contributed by atoms with Crippen LogP contribution in [0.15, 0.2) is 18.3 Å². The van der Waals surface area contributed by atoms with E-state index in [4.69, 9.17) is 5.11 Å². The first kappa shape index (κ1) is 16.8. The number of aryl methyl sites for hydroxylation is 3. The average Bonchev–Trinajstić information content (AvgIpc) is 3.02. The SMILES string of the molecule is CCN(CCC(=O)O)C(=O)c1cnn(C)c1-n1c(C)ccc1C. The van der Waals surface area contributed by atoms with E-state index in [-0.39, 0.29) is 18.9 Å². The standard InChI is InChI=1S/C16H22N4O3/c1-5-19(9-8-14(21)22)16(23)13-10-17-18(4)15(13)20-11(2)6-7-12(20)3/h6-7,10H,5,8-9H2,1-4H3,(H,21,22). The minimum Gasteiger partial charge on any atom is -0.481 e. The van der Waals surface area contributed by atoms with Gasteiger partial charge in [-0.1, -0.05) is 0 Å². The molecule has 2 aromatic heterocycles. The molecule has 0 bridgehead atoms. The first-order valence-corrected chi connectivity index (χ1v) is 7.55. The Morgan fingerprint density at radius 3 is 2.39 bits per heavy atom. The van der Waals surface area contributed by atoms with Gasteiger partial charge in [-0.3, -0.25) is 14.3 Å². The van der Waals surface area contributed by atoms with E-state index in [1.54, 1.807) is 17.9 Å². The van der Waals surface area contributed by atoms with E-state index in [0.29, 0.717) is 17.9 Å². The highest BCUT2D eigenvalue weighted by Crippen LogP contribution is 2.21. The summed E-state index contributed by atoms with van der Waals surface area (Å²) < 4.78 is 3.64. The minimum absolute atomic E-state index is 0.0727. The summed E-state index contributed by atoms with van der Waals surface area (Å²) in [5, 5.41) is 13.1. The zero-order valence-electron chi connectivity index (χ0n) is 13.9. The molecule has 0 spiro atoms. The van der Waals surface area contributed by atoms with Gasteiger partial charge in [-0.25, -0.2) is 0 Å². The summed E-state index contributed by atoms with van der Waals surface area (Å²) in [7, 11) is 1.79. The van der Waals surface area contributed by atoms with Crippen molar-refractivity contribution in [3.8, 4) is 5.82 Å². The number of rotatable bonds is 6. The Morgan fingerprint density at radius 1 is 1.26 bits per heavy atom. The molecule has 23 heavy (non-hydrogen) atoms. The number of hydrogen-bond donors (Lipinski definition) is 1. The molecule has 2 heterocycles. The van der Waals surface area contributed by atoms with Gasteiger partial charge in [-0.15, -0.1) is 0 Å². The fraction of sp³-hybridized carbons (Fsp3) is 0.438. The van der Waals surface area contributed by atoms with Gasteiger partial charge in [0.15, 0.2) is 0 Å². The molecule has 0 radical (unpaired) electrons. The summed E-state index contributed by atoms with van der Waals surface area (Å²) in [5.41, 5.74) is 2.49. The molecule has 0 aliphatic rings. The average molecular weight is 318 g/mol. The fourth-order valence-electron chi connectivity index (χ4n) is 2.65. The summed E-state index contributed by atoms with van der Waals surface area (Å²) in [4.78, 5) is 25.1. The van der Waals surface area contributed by atoms with Crippen molar-refractivity contribution in [1.82, 2.24) is 19.2 Å². The van der Waals surface area contributed by atoms with Crippen molar-refractivity contribution in [3.05, 3.63) is 35.3 Å². The molecule has 1 N–H and O–H groups in total. The maximum atomic E-state index is 12.8. The van der Waals surface area contributed by atoms with E-state index >= 15 is 0 Å². The minimum atomic E-state index is -0.917. The number of aromatic nitrogens is 3. The lowest BCUT2D eigenvalue weighted by Crippen LogP contribution is -2.33. The number of carboxylic acid groups (broad SMARTS) is 1. The van der Waals surface area contributed by atoms with Crippen molar-refractivity contribution >= 4 is 11.9 Å². The van der Waals surface area contributed by atoms with Gasteiger partial charge in [0.05, 0.1) is 12.6 Å². The lowest BCUT2D eigenvalue weighted by molar-refractivity contribution is -0.137. The lowest BCUT2D eigenvalue weighted by atomic mass is 10.2. The van der Waals surface area contributed by atoms with Crippen LogP contribution in [-0.4, -0.2) is 49.3 Å². The van der Waals surface area contributed by atoms with Gasteiger partial charge in [0.2, 0.25) is 0 Å². The van der Waals surface area contributed by atoms with Crippen LogP contribution in [0.3, 0.4) is 0 Å². The largest absolute Gasteiger partial charge is 0.481 e. The Bertz CT molecular complexity index is 710. The Morgan fingerprint density at radius 2 is 1.87 bits per heavy atom. The molecule has 0 unspecified atom stereocenters. The number of amides is 1. The van der Waals surface area contributed by atoms with Crippen LogP contribution in [0.25, 0.3) is 5.82 Å². The zero-order chi connectivity index (χ0) is 17.1. The monoisotopic (exact) mass is 318 g/mol. The smallest absolute Gasteiger partial charge is 0.305 e. The van der Waals surface area contributed by atoms with Crippen LogP contribution in [0.2, 0.25) is 0 Å². The van der Waals surface area contributed by atoms with Gasteiger partial charge < -0.3 is 14.6 Å². The third-order valence-corrected chi connectivity index (χ3v) is 3.89. The number of aliphatic carboxylic acids is 1. The number of nitrogens with zero attached hydrogens (tertiary/aromatic N) is 4. The molecule has 0 atom stereocenters. The number of carboxylic acids is 1. The van der Waals surface area contributed by atoms with Crippen LogP contribution in [0, 0.1) is 13.8 Å². The highest BCUT2D eigenvalue weighted by Gasteiger charge is 2.23. The highest BCUT2D eigenvalue weighted by molar-refractivity contribution is 5.97. The second kappa shape index (κ2) is 6.68. The Labute approximate surface area is 135 Å². The third kappa shape index (κ3) is 3.28. The molecule has 0 aliphatic carbocycles. The topological polar surface area (TPSA) is 80.4 Å².